The van der Waals surface area contributed by atoms with Crippen molar-refractivity contribution in [3.63, 3.8) is 0 Å². The number of aromatic nitrogens is 2. The minimum Gasteiger partial charge on any atom is -0.393 e. The van der Waals surface area contributed by atoms with Gasteiger partial charge in [0.25, 0.3) is 0 Å². The molecule has 2 N–H and O–H groups in total. The van der Waals surface area contributed by atoms with Gasteiger partial charge in [-0.2, -0.15) is 0 Å². The first-order valence-electron chi connectivity index (χ1n) is 12.7. The monoisotopic (exact) mass is 695 g/mol. The van der Waals surface area contributed by atoms with E-state index in [1.807, 2.05) is 122 Å². The van der Waals surface area contributed by atoms with Gasteiger partial charge in [0, 0.05) is 38.4 Å². The van der Waals surface area contributed by atoms with Crippen LogP contribution in [0.1, 0.15) is 19.4 Å². The van der Waals surface area contributed by atoms with Crippen LogP contribution in [-0.4, -0.2) is 32.4 Å². The predicted molar refractivity (Wildman–Crippen MR) is 154 cm³/mol. The average molecular weight is 695 g/mol. The summed E-state index contributed by atoms with van der Waals surface area (Å²) in [5.41, 5.74) is 5.12. The summed E-state index contributed by atoms with van der Waals surface area (Å²) in [5, 5.41) is 19.1. The van der Waals surface area contributed by atoms with Gasteiger partial charge in [0.05, 0.1) is 12.2 Å². The number of hydrogen-bond donors (Lipinski definition) is 2. The summed E-state index contributed by atoms with van der Waals surface area (Å²) in [6.45, 7) is 3.57. The largest absolute Gasteiger partial charge is 0.393 e. The van der Waals surface area contributed by atoms with E-state index in [1.54, 1.807) is 19.3 Å². The summed E-state index contributed by atoms with van der Waals surface area (Å²) in [4.78, 5) is 8.44. The molecule has 0 aliphatic carbocycles. The summed E-state index contributed by atoms with van der Waals surface area (Å²) in [6.07, 6.45) is 3.24. The van der Waals surface area contributed by atoms with Gasteiger partial charge in [-0.3, -0.25) is 0 Å². The van der Waals surface area contributed by atoms with Gasteiger partial charge >= 0.3 is 0 Å². The van der Waals surface area contributed by atoms with E-state index in [-0.39, 0.29) is 26.0 Å². The SMILES string of the molecule is CC(O)C(C)C(O)Cc1ccccc1.[Ir].[c-]1ccccc1-c1ccccn1.[c-]1ccccc1-c1ccccn1. The fraction of sp³-hybridized carbons (Fsp3) is 0.176. The van der Waals surface area contributed by atoms with Gasteiger partial charge in [0.15, 0.2) is 0 Å². The smallest absolute Gasteiger partial charge is 0.0630 e. The maximum absolute atomic E-state index is 9.78. The molecule has 2 aromatic heterocycles. The second-order valence-corrected chi connectivity index (χ2v) is 8.84. The second-order valence-electron chi connectivity index (χ2n) is 8.84. The minimum atomic E-state index is -0.475. The number of hydrogen-bond acceptors (Lipinski definition) is 4. The van der Waals surface area contributed by atoms with E-state index in [9.17, 15) is 10.2 Å². The predicted octanol–water partition coefficient (Wildman–Crippen LogP) is 6.70. The Morgan fingerprint density at radius 2 is 1.08 bits per heavy atom. The minimum absolute atomic E-state index is 0. The van der Waals surface area contributed by atoms with Crippen molar-refractivity contribution in [2.45, 2.75) is 32.5 Å². The Morgan fingerprint density at radius 3 is 1.46 bits per heavy atom. The third-order valence-electron chi connectivity index (χ3n) is 5.96. The summed E-state index contributed by atoms with van der Waals surface area (Å²) >= 11 is 0. The molecular formula is C34H34IrN2O2-2. The first kappa shape index (κ1) is 31.7. The van der Waals surface area contributed by atoms with Crippen LogP contribution in [0, 0.1) is 18.1 Å². The maximum atomic E-state index is 9.78. The molecule has 0 bridgehead atoms. The van der Waals surface area contributed by atoms with Crippen LogP contribution in [0.5, 0.6) is 0 Å². The Balaban J connectivity index is 0.000000203. The zero-order valence-electron chi connectivity index (χ0n) is 22.2. The molecule has 4 nitrogen and oxygen atoms in total. The molecule has 0 saturated carbocycles. The van der Waals surface area contributed by atoms with Crippen LogP contribution in [0.4, 0.5) is 0 Å². The Morgan fingerprint density at radius 1 is 0.615 bits per heavy atom. The van der Waals surface area contributed by atoms with E-state index in [1.165, 1.54) is 0 Å². The molecular weight excluding hydrogens is 661 g/mol. The van der Waals surface area contributed by atoms with Crippen LogP contribution < -0.4 is 0 Å². The molecule has 0 fully saturated rings. The van der Waals surface area contributed by atoms with Crippen molar-refractivity contribution in [3.8, 4) is 22.5 Å². The fourth-order valence-corrected chi connectivity index (χ4v) is 3.51. The fourth-order valence-electron chi connectivity index (χ4n) is 3.51. The average Bonchev–Trinajstić information content (AvgIpc) is 3.00. The number of aliphatic hydroxyl groups is 2. The third kappa shape index (κ3) is 11.4. The van der Waals surface area contributed by atoms with Gasteiger partial charge in [0.1, 0.15) is 0 Å². The van der Waals surface area contributed by atoms with Gasteiger partial charge in [-0.25, -0.2) is 0 Å². The van der Waals surface area contributed by atoms with E-state index in [0.29, 0.717) is 6.42 Å². The molecule has 5 heteroatoms. The van der Waals surface area contributed by atoms with Crippen molar-refractivity contribution >= 4 is 0 Å². The van der Waals surface area contributed by atoms with Crippen molar-refractivity contribution in [2.24, 2.45) is 5.92 Å². The third-order valence-corrected chi connectivity index (χ3v) is 5.96. The van der Waals surface area contributed by atoms with Crippen LogP contribution >= 0.6 is 0 Å². The van der Waals surface area contributed by atoms with Crippen LogP contribution in [0.25, 0.3) is 22.5 Å². The van der Waals surface area contributed by atoms with E-state index >= 15 is 0 Å². The summed E-state index contributed by atoms with van der Waals surface area (Å²) < 4.78 is 0. The van der Waals surface area contributed by atoms with Crippen molar-refractivity contribution in [3.05, 3.63) is 145 Å². The Bertz CT molecular complexity index is 1120. The van der Waals surface area contributed by atoms with Crippen LogP contribution in [0.15, 0.2) is 128 Å². The second kappa shape index (κ2) is 17.9. The molecule has 3 aromatic carbocycles. The van der Waals surface area contributed by atoms with Gasteiger partial charge < -0.3 is 20.2 Å². The van der Waals surface area contributed by atoms with Crippen molar-refractivity contribution in [1.82, 2.24) is 9.97 Å². The van der Waals surface area contributed by atoms with Gasteiger partial charge in [-0.05, 0) is 42.4 Å². The van der Waals surface area contributed by atoms with Crippen LogP contribution in [0.2, 0.25) is 0 Å². The van der Waals surface area contributed by atoms with E-state index in [0.717, 1.165) is 28.1 Å². The van der Waals surface area contributed by atoms with Crippen molar-refractivity contribution in [2.75, 3.05) is 0 Å². The summed E-state index contributed by atoms with van der Waals surface area (Å²) in [5.74, 6) is -0.0878. The summed E-state index contributed by atoms with van der Waals surface area (Å²) in [6, 6.07) is 43.5. The van der Waals surface area contributed by atoms with Gasteiger partial charge in [-0.1, -0.05) is 61.5 Å². The molecule has 0 spiro atoms. The van der Waals surface area contributed by atoms with E-state index in [4.69, 9.17) is 0 Å². The number of benzene rings is 3. The molecule has 1 radical (unpaired) electrons. The zero-order chi connectivity index (χ0) is 27.0. The number of nitrogens with zero attached hydrogens (tertiary/aromatic N) is 2. The molecule has 203 valence electrons. The number of rotatable bonds is 6. The maximum Gasteiger partial charge on any atom is 0.0630 e. The Labute approximate surface area is 245 Å². The van der Waals surface area contributed by atoms with Crippen LogP contribution in [0.3, 0.4) is 0 Å². The quantitative estimate of drug-likeness (QED) is 0.194. The van der Waals surface area contributed by atoms with E-state index < -0.39 is 12.2 Å². The Kier molecular flexibility index (Phi) is 14.6. The molecule has 3 unspecified atom stereocenters. The topological polar surface area (TPSA) is 66.2 Å². The molecule has 3 atom stereocenters. The normalized spacial score (nSPS) is 12.2. The Hall–Kier alpha value is -3.47. The summed E-state index contributed by atoms with van der Waals surface area (Å²) in [7, 11) is 0. The zero-order valence-corrected chi connectivity index (χ0v) is 24.6. The molecule has 0 saturated heterocycles. The molecule has 39 heavy (non-hydrogen) atoms. The van der Waals surface area contributed by atoms with Gasteiger partial charge in [0.2, 0.25) is 0 Å². The van der Waals surface area contributed by atoms with Gasteiger partial charge in [-0.15, -0.1) is 71.8 Å². The van der Waals surface area contributed by atoms with Crippen molar-refractivity contribution in [1.29, 1.82) is 0 Å². The van der Waals surface area contributed by atoms with E-state index in [2.05, 4.69) is 22.1 Å². The first-order chi connectivity index (χ1) is 18.5. The van der Waals surface area contributed by atoms with Crippen LogP contribution in [-0.2, 0) is 26.5 Å². The molecule has 0 aliphatic rings. The standard InChI is InChI=1S/C12H18O2.2C11H8N.Ir/c1-9(10(2)13)12(14)8-11-6-4-3-5-7-11;2*1-2-6-10(7-3-1)11-8-4-5-9-12-11;/h3-7,9-10,12-14H,8H2,1-2H3;2*1-6,8-9H;/q;2*-1;. The molecule has 2 heterocycles. The molecule has 0 aliphatic heterocycles. The number of aliphatic hydroxyl groups excluding tert-OH is 2. The molecule has 5 aromatic rings. The van der Waals surface area contributed by atoms with Crippen molar-refractivity contribution < 1.29 is 30.3 Å². The molecule has 0 amide bonds. The first-order valence-corrected chi connectivity index (χ1v) is 12.7. The molecule has 5 rings (SSSR count). The number of pyridine rings is 2.